The zero-order valence-corrected chi connectivity index (χ0v) is 8.76. The lowest BCUT2D eigenvalue weighted by Gasteiger charge is -2.44. The number of rotatable bonds is 0. The molecule has 0 radical (unpaired) electrons. The zero-order valence-electron chi connectivity index (χ0n) is 8.76. The molecule has 0 spiro atoms. The summed E-state index contributed by atoms with van der Waals surface area (Å²) in [5, 5.41) is 11.0. The van der Waals surface area contributed by atoms with Crippen molar-refractivity contribution in [3.8, 4) is 0 Å². The van der Waals surface area contributed by atoms with Crippen LogP contribution in [-0.2, 0) is 6.42 Å². The van der Waals surface area contributed by atoms with Gasteiger partial charge < -0.3 is 10.1 Å². The largest absolute Gasteiger partial charge is 0.366 e. The first kappa shape index (κ1) is 9.19. The van der Waals surface area contributed by atoms with Gasteiger partial charge >= 0.3 is 0 Å². The molecule has 1 N–H and O–H groups in total. The van der Waals surface area contributed by atoms with E-state index in [9.17, 15) is 5.21 Å². The second-order valence-electron chi connectivity index (χ2n) is 4.43. The van der Waals surface area contributed by atoms with Crippen molar-refractivity contribution < 1.29 is 5.21 Å². The first-order valence-corrected chi connectivity index (χ1v) is 5.63. The molecule has 2 aliphatic rings. The third kappa shape index (κ3) is 1.52. The summed E-state index contributed by atoms with van der Waals surface area (Å²) >= 11 is 0. The van der Waals surface area contributed by atoms with Gasteiger partial charge in [0, 0.05) is 31.4 Å². The Kier molecular flexibility index (Phi) is 2.15. The highest BCUT2D eigenvalue weighted by molar-refractivity contribution is 5.56. The number of hydrogen-bond donors (Lipinski definition) is 1. The van der Waals surface area contributed by atoms with Gasteiger partial charge in [-0.1, -0.05) is 18.2 Å². The molecule has 3 rings (SSSR count). The van der Waals surface area contributed by atoms with Crippen LogP contribution in [0.25, 0.3) is 0 Å². The number of para-hydroxylation sites is 1. The summed E-state index contributed by atoms with van der Waals surface area (Å²) in [5.74, 6) is 0. The summed E-state index contributed by atoms with van der Waals surface area (Å²) in [4.78, 5) is 2.45. The van der Waals surface area contributed by atoms with E-state index in [-0.39, 0.29) is 0 Å². The Hall–Kier alpha value is -1.06. The van der Waals surface area contributed by atoms with Crippen LogP contribution in [0.1, 0.15) is 12.0 Å². The van der Waals surface area contributed by atoms with Crippen molar-refractivity contribution >= 4 is 5.69 Å². The number of aryl methyl sites for hydroxylation is 1. The molecular formula is C12H16N2O. The maximum atomic E-state index is 9.50. The highest BCUT2D eigenvalue weighted by Crippen LogP contribution is 2.31. The zero-order chi connectivity index (χ0) is 10.3. The highest BCUT2D eigenvalue weighted by Gasteiger charge is 2.30. The van der Waals surface area contributed by atoms with Crippen molar-refractivity contribution in [2.75, 3.05) is 24.5 Å². The molecule has 1 saturated heterocycles. The number of nitrogens with zero attached hydrogens (tertiary/aromatic N) is 2. The Balaban J connectivity index is 1.93. The van der Waals surface area contributed by atoms with Crippen LogP contribution in [0.3, 0.4) is 0 Å². The summed E-state index contributed by atoms with van der Waals surface area (Å²) in [6.45, 7) is 2.48. The molecule has 0 bridgehead atoms. The van der Waals surface area contributed by atoms with Crippen molar-refractivity contribution in [2.24, 2.45) is 0 Å². The van der Waals surface area contributed by atoms with Gasteiger partial charge in [0.1, 0.15) is 0 Å². The van der Waals surface area contributed by atoms with Gasteiger partial charge in [-0.3, -0.25) is 0 Å². The molecule has 0 amide bonds. The Morgan fingerprint density at radius 2 is 2.07 bits per heavy atom. The van der Waals surface area contributed by atoms with Crippen LogP contribution in [0.4, 0.5) is 5.69 Å². The molecule has 0 saturated carbocycles. The molecule has 3 heteroatoms. The summed E-state index contributed by atoms with van der Waals surface area (Å²) in [6, 6.07) is 9.14. The van der Waals surface area contributed by atoms with Gasteiger partial charge in [0.2, 0.25) is 0 Å². The van der Waals surface area contributed by atoms with E-state index in [1.807, 2.05) is 0 Å². The quantitative estimate of drug-likeness (QED) is 0.694. The molecule has 1 atom stereocenters. The first-order chi connectivity index (χ1) is 7.34. The number of piperazine rings is 1. The topological polar surface area (TPSA) is 26.7 Å². The molecule has 0 aliphatic carbocycles. The van der Waals surface area contributed by atoms with Crippen LogP contribution in [-0.4, -0.2) is 35.9 Å². The Labute approximate surface area is 89.9 Å². The van der Waals surface area contributed by atoms with Gasteiger partial charge in [-0.05, 0) is 24.5 Å². The van der Waals surface area contributed by atoms with Gasteiger partial charge in [0.05, 0.1) is 0 Å². The Morgan fingerprint density at radius 3 is 3.00 bits per heavy atom. The third-order valence-corrected chi connectivity index (χ3v) is 3.51. The second kappa shape index (κ2) is 3.51. The minimum atomic E-state index is 0.499. The van der Waals surface area contributed by atoms with Crippen LogP contribution in [0, 0.1) is 0 Å². The predicted octanol–water partition coefficient (Wildman–Crippen LogP) is 1.51. The van der Waals surface area contributed by atoms with E-state index in [1.165, 1.54) is 16.3 Å². The van der Waals surface area contributed by atoms with E-state index in [0.717, 1.165) is 32.5 Å². The first-order valence-electron chi connectivity index (χ1n) is 5.63. The standard InChI is InChI=1S/C12H16N2O/c15-13-7-8-14-11(9-13)6-5-10-3-1-2-4-12(10)14/h1-4,11,15H,5-9H2. The molecule has 3 nitrogen and oxygen atoms in total. The third-order valence-electron chi connectivity index (χ3n) is 3.51. The van der Waals surface area contributed by atoms with Crippen molar-refractivity contribution in [1.29, 1.82) is 0 Å². The van der Waals surface area contributed by atoms with Gasteiger partial charge in [-0.2, -0.15) is 5.06 Å². The number of benzene rings is 1. The van der Waals surface area contributed by atoms with Gasteiger partial charge in [0.25, 0.3) is 0 Å². The molecule has 2 aliphatic heterocycles. The second-order valence-corrected chi connectivity index (χ2v) is 4.43. The number of anilines is 1. The van der Waals surface area contributed by atoms with Gasteiger partial charge in [-0.25, -0.2) is 0 Å². The molecule has 80 valence electrons. The lowest BCUT2D eigenvalue weighted by molar-refractivity contribution is -0.103. The van der Waals surface area contributed by atoms with Crippen molar-refractivity contribution in [3.05, 3.63) is 29.8 Å². The number of hydrogen-bond acceptors (Lipinski definition) is 3. The lowest BCUT2D eigenvalue weighted by atomic mass is 9.94. The predicted molar refractivity (Wildman–Crippen MR) is 59.3 cm³/mol. The van der Waals surface area contributed by atoms with Crippen LogP contribution < -0.4 is 4.90 Å². The minimum absolute atomic E-state index is 0.499. The van der Waals surface area contributed by atoms with E-state index in [4.69, 9.17) is 0 Å². The number of hydroxylamine groups is 2. The molecule has 2 heterocycles. The fourth-order valence-electron chi connectivity index (χ4n) is 2.73. The smallest absolute Gasteiger partial charge is 0.0444 e. The molecule has 1 fully saturated rings. The van der Waals surface area contributed by atoms with Crippen LogP contribution in [0.5, 0.6) is 0 Å². The lowest BCUT2D eigenvalue weighted by Crippen LogP contribution is -2.54. The molecular weight excluding hydrogens is 188 g/mol. The number of fused-ring (bicyclic) bond motifs is 3. The van der Waals surface area contributed by atoms with E-state index >= 15 is 0 Å². The molecule has 1 aromatic carbocycles. The molecule has 15 heavy (non-hydrogen) atoms. The molecule has 0 aromatic heterocycles. The van der Waals surface area contributed by atoms with E-state index in [1.54, 1.807) is 0 Å². The Bertz CT molecular complexity index is 366. The van der Waals surface area contributed by atoms with E-state index in [0.29, 0.717) is 6.04 Å². The van der Waals surface area contributed by atoms with Crippen molar-refractivity contribution in [2.45, 2.75) is 18.9 Å². The van der Waals surface area contributed by atoms with E-state index in [2.05, 4.69) is 29.2 Å². The van der Waals surface area contributed by atoms with Gasteiger partial charge in [0.15, 0.2) is 0 Å². The minimum Gasteiger partial charge on any atom is -0.366 e. The Morgan fingerprint density at radius 1 is 1.20 bits per heavy atom. The fraction of sp³-hybridized carbons (Fsp3) is 0.500. The normalized spacial score (nSPS) is 25.9. The average Bonchev–Trinajstić information content (AvgIpc) is 2.28. The fourth-order valence-corrected chi connectivity index (χ4v) is 2.73. The summed E-state index contributed by atoms with van der Waals surface area (Å²) in [7, 11) is 0. The van der Waals surface area contributed by atoms with Crippen LogP contribution in [0.2, 0.25) is 0 Å². The molecule has 1 unspecified atom stereocenters. The summed E-state index contributed by atoms with van der Waals surface area (Å²) in [5.41, 5.74) is 2.84. The van der Waals surface area contributed by atoms with Crippen LogP contribution in [0.15, 0.2) is 24.3 Å². The molecule has 1 aromatic rings. The highest BCUT2D eigenvalue weighted by atomic mass is 16.5. The summed E-state index contributed by atoms with van der Waals surface area (Å²) < 4.78 is 0. The summed E-state index contributed by atoms with van der Waals surface area (Å²) in [6.07, 6.45) is 2.30. The van der Waals surface area contributed by atoms with Crippen molar-refractivity contribution in [3.63, 3.8) is 0 Å². The van der Waals surface area contributed by atoms with Crippen LogP contribution >= 0.6 is 0 Å². The average molecular weight is 204 g/mol. The SMILES string of the molecule is ON1CCN2c3ccccc3CCC2C1. The van der Waals surface area contributed by atoms with E-state index < -0.39 is 0 Å². The maximum Gasteiger partial charge on any atom is 0.0444 e. The maximum absolute atomic E-state index is 9.50. The van der Waals surface area contributed by atoms with Gasteiger partial charge in [-0.15, -0.1) is 0 Å². The van der Waals surface area contributed by atoms with Crippen molar-refractivity contribution in [1.82, 2.24) is 5.06 Å². The monoisotopic (exact) mass is 204 g/mol.